The largest absolute Gasteiger partial charge is 0.438 e. The van der Waals surface area contributed by atoms with Gasteiger partial charge < -0.3 is 9.47 Å². The Balaban J connectivity index is 3.31. The molecule has 0 aromatic carbocycles. The number of esters is 1. The van der Waals surface area contributed by atoms with Crippen molar-refractivity contribution in [2.45, 2.75) is 33.6 Å². The summed E-state index contributed by atoms with van der Waals surface area (Å²) in [7, 11) is 0. The summed E-state index contributed by atoms with van der Waals surface area (Å²) in [6.07, 6.45) is 1.76. The van der Waals surface area contributed by atoms with E-state index < -0.39 is 0 Å². The van der Waals surface area contributed by atoms with Crippen LogP contribution in [0.15, 0.2) is 0 Å². The van der Waals surface area contributed by atoms with Gasteiger partial charge in [0.25, 0.3) is 0 Å². The van der Waals surface area contributed by atoms with Crippen molar-refractivity contribution < 1.29 is 14.3 Å². The second-order valence-corrected chi connectivity index (χ2v) is 2.80. The summed E-state index contributed by atoms with van der Waals surface area (Å²) in [6, 6.07) is 0. The summed E-state index contributed by atoms with van der Waals surface area (Å²) in [5.74, 6) is -0.191. The van der Waals surface area contributed by atoms with Crippen LogP contribution in [0.1, 0.15) is 33.6 Å². The van der Waals surface area contributed by atoms with Crippen LogP contribution in [0.4, 0.5) is 0 Å². The maximum absolute atomic E-state index is 11.0. The van der Waals surface area contributed by atoms with E-state index in [0.717, 1.165) is 12.8 Å². The van der Waals surface area contributed by atoms with E-state index in [1.165, 1.54) is 0 Å². The quantitative estimate of drug-likeness (QED) is 0.351. The molecule has 0 aromatic heterocycles. The van der Waals surface area contributed by atoms with Crippen LogP contribution < -0.4 is 0 Å². The normalized spacial score (nSPS) is 12.6. The first-order valence-electron chi connectivity index (χ1n) is 4.46. The molecule has 0 fully saturated rings. The SMILES string of the molecule is CCCOCOC(=O)C(C)CC. The smallest absolute Gasteiger partial charge is 0.310 e. The highest BCUT2D eigenvalue weighted by Crippen LogP contribution is 2.02. The van der Waals surface area contributed by atoms with Crippen molar-refractivity contribution in [3.8, 4) is 0 Å². The lowest BCUT2D eigenvalue weighted by Crippen LogP contribution is -2.16. The van der Waals surface area contributed by atoms with Crippen LogP contribution in [0.2, 0.25) is 0 Å². The molecular formula is C9H18O3. The lowest BCUT2D eigenvalue weighted by molar-refractivity contribution is -0.160. The van der Waals surface area contributed by atoms with E-state index in [-0.39, 0.29) is 18.7 Å². The molecule has 0 aromatic rings. The van der Waals surface area contributed by atoms with Gasteiger partial charge in [0.15, 0.2) is 6.79 Å². The molecule has 0 aliphatic rings. The Labute approximate surface area is 74.0 Å². The first-order chi connectivity index (χ1) is 5.72. The van der Waals surface area contributed by atoms with E-state index in [0.29, 0.717) is 6.61 Å². The molecule has 0 radical (unpaired) electrons. The zero-order valence-electron chi connectivity index (χ0n) is 8.13. The van der Waals surface area contributed by atoms with Crippen LogP contribution in [0, 0.1) is 5.92 Å². The van der Waals surface area contributed by atoms with Crippen LogP contribution in [-0.4, -0.2) is 19.4 Å². The van der Waals surface area contributed by atoms with Crippen molar-refractivity contribution in [1.82, 2.24) is 0 Å². The Morgan fingerprint density at radius 2 is 2.08 bits per heavy atom. The first-order valence-corrected chi connectivity index (χ1v) is 4.46. The Hall–Kier alpha value is -0.570. The minimum Gasteiger partial charge on any atom is -0.438 e. The number of carbonyl (C=O) groups is 1. The van der Waals surface area contributed by atoms with Crippen molar-refractivity contribution in [3.05, 3.63) is 0 Å². The molecule has 0 heterocycles. The van der Waals surface area contributed by atoms with E-state index in [1.54, 1.807) is 0 Å². The van der Waals surface area contributed by atoms with Gasteiger partial charge in [-0.2, -0.15) is 0 Å². The number of carbonyl (C=O) groups excluding carboxylic acids is 1. The maximum atomic E-state index is 11.0. The van der Waals surface area contributed by atoms with E-state index in [9.17, 15) is 4.79 Å². The molecule has 0 aliphatic heterocycles. The molecule has 0 amide bonds. The average Bonchev–Trinajstić information content (AvgIpc) is 2.10. The van der Waals surface area contributed by atoms with Crippen molar-refractivity contribution in [2.75, 3.05) is 13.4 Å². The molecule has 72 valence electrons. The monoisotopic (exact) mass is 174 g/mol. The second kappa shape index (κ2) is 7.10. The molecule has 0 saturated carbocycles. The van der Waals surface area contributed by atoms with Crippen LogP contribution >= 0.6 is 0 Å². The van der Waals surface area contributed by atoms with Gasteiger partial charge in [0.1, 0.15) is 0 Å². The van der Waals surface area contributed by atoms with Crippen molar-refractivity contribution in [2.24, 2.45) is 5.92 Å². The molecule has 0 N–H and O–H groups in total. The third-order valence-electron chi connectivity index (χ3n) is 1.65. The Morgan fingerprint density at radius 1 is 1.42 bits per heavy atom. The van der Waals surface area contributed by atoms with Gasteiger partial charge in [-0.15, -0.1) is 0 Å². The molecule has 0 saturated heterocycles. The number of hydrogen-bond donors (Lipinski definition) is 0. The minimum absolute atomic E-state index is 0.0183. The summed E-state index contributed by atoms with van der Waals surface area (Å²) >= 11 is 0. The summed E-state index contributed by atoms with van der Waals surface area (Å²) in [4.78, 5) is 11.0. The topological polar surface area (TPSA) is 35.5 Å². The standard InChI is InChI=1S/C9H18O3/c1-4-6-11-7-12-9(10)8(3)5-2/h8H,4-7H2,1-3H3. The number of rotatable bonds is 6. The van der Waals surface area contributed by atoms with Gasteiger partial charge >= 0.3 is 5.97 Å². The van der Waals surface area contributed by atoms with Crippen LogP contribution in [0.3, 0.4) is 0 Å². The first kappa shape index (κ1) is 11.4. The van der Waals surface area contributed by atoms with Crippen LogP contribution in [0.5, 0.6) is 0 Å². The van der Waals surface area contributed by atoms with Crippen LogP contribution in [0.25, 0.3) is 0 Å². The molecule has 1 atom stereocenters. The summed E-state index contributed by atoms with van der Waals surface area (Å²) in [5.41, 5.74) is 0. The van der Waals surface area contributed by atoms with Gasteiger partial charge in [0.05, 0.1) is 12.5 Å². The number of hydrogen-bond acceptors (Lipinski definition) is 3. The van der Waals surface area contributed by atoms with Crippen LogP contribution in [-0.2, 0) is 14.3 Å². The third kappa shape index (κ3) is 5.13. The predicted octanol–water partition coefficient (Wildman–Crippen LogP) is 1.96. The summed E-state index contributed by atoms with van der Waals surface area (Å²) in [6.45, 7) is 6.56. The Bertz CT molecular complexity index is 123. The highest BCUT2D eigenvalue weighted by molar-refractivity contribution is 5.71. The molecule has 3 heteroatoms. The molecule has 3 nitrogen and oxygen atoms in total. The van der Waals surface area contributed by atoms with Gasteiger partial charge in [-0.25, -0.2) is 0 Å². The lowest BCUT2D eigenvalue weighted by atomic mass is 10.1. The number of ether oxygens (including phenoxy) is 2. The van der Waals surface area contributed by atoms with E-state index in [1.807, 2.05) is 20.8 Å². The van der Waals surface area contributed by atoms with Crippen molar-refractivity contribution >= 4 is 5.97 Å². The lowest BCUT2D eigenvalue weighted by Gasteiger charge is -2.08. The van der Waals surface area contributed by atoms with Gasteiger partial charge in [-0.1, -0.05) is 20.8 Å². The van der Waals surface area contributed by atoms with E-state index in [4.69, 9.17) is 9.47 Å². The highest BCUT2D eigenvalue weighted by Gasteiger charge is 2.10. The fourth-order valence-electron chi connectivity index (χ4n) is 0.612. The zero-order chi connectivity index (χ0) is 9.40. The molecule has 0 aliphatic carbocycles. The summed E-state index contributed by atoms with van der Waals surface area (Å²) in [5, 5.41) is 0. The zero-order valence-corrected chi connectivity index (χ0v) is 8.13. The molecule has 0 spiro atoms. The summed E-state index contributed by atoms with van der Waals surface area (Å²) < 4.78 is 9.84. The van der Waals surface area contributed by atoms with Gasteiger partial charge in [-0.05, 0) is 12.8 Å². The molecule has 0 rings (SSSR count). The minimum atomic E-state index is -0.173. The fraction of sp³-hybridized carbons (Fsp3) is 0.889. The maximum Gasteiger partial charge on any atom is 0.310 e. The molecule has 1 unspecified atom stereocenters. The van der Waals surface area contributed by atoms with E-state index in [2.05, 4.69) is 0 Å². The van der Waals surface area contributed by atoms with E-state index >= 15 is 0 Å². The van der Waals surface area contributed by atoms with Crippen molar-refractivity contribution in [1.29, 1.82) is 0 Å². The molecule has 0 bridgehead atoms. The highest BCUT2D eigenvalue weighted by atomic mass is 16.7. The predicted molar refractivity (Wildman–Crippen MR) is 46.7 cm³/mol. The average molecular weight is 174 g/mol. The van der Waals surface area contributed by atoms with Crippen molar-refractivity contribution in [3.63, 3.8) is 0 Å². The molecule has 12 heavy (non-hydrogen) atoms. The Kier molecular flexibility index (Phi) is 6.76. The Morgan fingerprint density at radius 3 is 2.58 bits per heavy atom. The van der Waals surface area contributed by atoms with Gasteiger partial charge in [0.2, 0.25) is 0 Å². The van der Waals surface area contributed by atoms with Gasteiger partial charge in [0, 0.05) is 0 Å². The van der Waals surface area contributed by atoms with Gasteiger partial charge in [-0.3, -0.25) is 4.79 Å². The third-order valence-corrected chi connectivity index (χ3v) is 1.65. The second-order valence-electron chi connectivity index (χ2n) is 2.80. The fourth-order valence-corrected chi connectivity index (χ4v) is 0.612. The molecular weight excluding hydrogens is 156 g/mol.